The number of oxazole rings is 1. The van der Waals surface area contributed by atoms with Gasteiger partial charge in [0.05, 0.1) is 41.9 Å². The van der Waals surface area contributed by atoms with Gasteiger partial charge in [-0.25, -0.2) is 13.4 Å². The van der Waals surface area contributed by atoms with Crippen LogP contribution in [0.2, 0.25) is 5.02 Å². The van der Waals surface area contributed by atoms with Crippen LogP contribution in [0, 0.1) is 0 Å². The molecule has 0 saturated carbocycles. The van der Waals surface area contributed by atoms with E-state index in [0.29, 0.717) is 39.0 Å². The molecule has 0 bridgehead atoms. The number of nitrogens with zero attached hydrogens (tertiary/aromatic N) is 1. The third-order valence-electron chi connectivity index (χ3n) is 6.36. The van der Waals surface area contributed by atoms with E-state index in [4.69, 9.17) is 20.8 Å². The van der Waals surface area contributed by atoms with Gasteiger partial charge in [-0.1, -0.05) is 29.8 Å². The van der Waals surface area contributed by atoms with Crippen LogP contribution in [0.1, 0.15) is 24.2 Å². The number of hydrogen-bond acceptors (Lipinski definition) is 9. The summed E-state index contributed by atoms with van der Waals surface area (Å²) in [4.78, 5) is 17.9. The Hall–Kier alpha value is -4.10. The van der Waals surface area contributed by atoms with Gasteiger partial charge in [0, 0.05) is 12.2 Å². The van der Waals surface area contributed by atoms with Crippen LogP contribution in [0.25, 0.3) is 11.5 Å². The highest BCUT2D eigenvalue weighted by atomic mass is 35.5. The first kappa shape index (κ1) is 29.9. The second-order valence-corrected chi connectivity index (χ2v) is 11.5. The Bertz CT molecular complexity index is 1630. The summed E-state index contributed by atoms with van der Waals surface area (Å²) in [6.07, 6.45) is 2.68. The molecule has 1 amide bonds. The first-order valence-corrected chi connectivity index (χ1v) is 14.6. The second-order valence-electron chi connectivity index (χ2n) is 9.39. The van der Waals surface area contributed by atoms with Crippen molar-refractivity contribution in [1.29, 1.82) is 0 Å². The lowest BCUT2D eigenvalue weighted by molar-refractivity contribution is -0.122. The minimum atomic E-state index is -3.67. The minimum Gasteiger partial charge on any atom is -0.506 e. The highest BCUT2D eigenvalue weighted by molar-refractivity contribution is 7.92. The maximum absolute atomic E-state index is 13.8. The van der Waals surface area contributed by atoms with Gasteiger partial charge in [0.25, 0.3) is 0 Å². The summed E-state index contributed by atoms with van der Waals surface area (Å²) in [6.45, 7) is 1.55. The number of nitrogens with one attached hydrogen (secondary N) is 3. The smallest absolute Gasteiger partial charge is 0.249 e. The zero-order chi connectivity index (χ0) is 29.8. The molecule has 0 aliphatic heterocycles. The predicted octanol–water partition coefficient (Wildman–Crippen LogP) is 4.26. The standard InChI is InChI=1S/C28H29ClN4O7S/c1-28(18-5-8-20(39-2)9-6-18,27(36)32-19-7-10-22(29)21(15-19)26-30-12-13-40-26)31-16-25(35)17-4-11-24(34)23(14-17)33-41(3,37)38/h4-15,25,31,33-35H,16H2,1-3H3,(H,32,36)/t25-,28?/m1/s1. The molecule has 41 heavy (non-hydrogen) atoms. The molecule has 0 fully saturated rings. The van der Waals surface area contributed by atoms with Crippen LogP contribution < -0.4 is 20.1 Å². The van der Waals surface area contributed by atoms with Crippen LogP contribution in [0.3, 0.4) is 0 Å². The summed E-state index contributed by atoms with van der Waals surface area (Å²) in [5.41, 5.74) is 0.381. The molecule has 0 radical (unpaired) electrons. The van der Waals surface area contributed by atoms with E-state index >= 15 is 0 Å². The lowest BCUT2D eigenvalue weighted by atomic mass is 9.90. The third-order valence-corrected chi connectivity index (χ3v) is 7.28. The largest absolute Gasteiger partial charge is 0.506 e. The number of methoxy groups -OCH3 is 1. The van der Waals surface area contributed by atoms with Gasteiger partial charge in [0.1, 0.15) is 23.3 Å². The van der Waals surface area contributed by atoms with Crippen molar-refractivity contribution in [2.75, 3.05) is 29.9 Å². The van der Waals surface area contributed by atoms with Gasteiger partial charge in [0.2, 0.25) is 21.8 Å². The van der Waals surface area contributed by atoms with E-state index in [9.17, 15) is 23.4 Å². The Kier molecular flexibility index (Phi) is 8.88. The molecule has 0 aliphatic rings. The van der Waals surface area contributed by atoms with Crippen molar-refractivity contribution in [3.63, 3.8) is 0 Å². The molecule has 4 aromatic rings. The van der Waals surface area contributed by atoms with E-state index in [2.05, 4.69) is 20.3 Å². The molecule has 1 heterocycles. The highest BCUT2D eigenvalue weighted by Gasteiger charge is 2.36. The number of aromatic nitrogens is 1. The maximum atomic E-state index is 13.8. The first-order valence-electron chi connectivity index (χ1n) is 12.3. The summed E-state index contributed by atoms with van der Waals surface area (Å²) in [7, 11) is -2.14. The zero-order valence-electron chi connectivity index (χ0n) is 22.4. The molecule has 0 aliphatic carbocycles. The molecule has 0 saturated heterocycles. The van der Waals surface area contributed by atoms with Crippen LogP contribution in [0.4, 0.5) is 11.4 Å². The number of phenolic OH excluding ortho intramolecular Hbond substituents is 1. The van der Waals surface area contributed by atoms with Gasteiger partial charge in [-0.05, 0) is 60.5 Å². The van der Waals surface area contributed by atoms with E-state index in [1.807, 2.05) is 0 Å². The molecule has 13 heteroatoms. The van der Waals surface area contributed by atoms with Crippen molar-refractivity contribution in [2.45, 2.75) is 18.6 Å². The Labute approximate surface area is 242 Å². The monoisotopic (exact) mass is 600 g/mol. The van der Waals surface area contributed by atoms with Gasteiger partial charge in [-0.15, -0.1) is 0 Å². The van der Waals surface area contributed by atoms with Gasteiger partial charge < -0.3 is 24.7 Å². The Morgan fingerprint density at radius 2 is 1.88 bits per heavy atom. The third kappa shape index (κ3) is 7.16. The SMILES string of the molecule is COc1ccc(C(C)(NC[C@@H](O)c2ccc(O)c(NS(C)(=O)=O)c2)C(=O)Nc2ccc(Cl)c(-c3ncco3)c2)cc1. The molecule has 216 valence electrons. The average molecular weight is 601 g/mol. The van der Waals surface area contributed by atoms with Crippen LogP contribution >= 0.6 is 11.6 Å². The number of amides is 1. The summed E-state index contributed by atoms with van der Waals surface area (Å²) >= 11 is 6.32. The number of hydrogen-bond donors (Lipinski definition) is 5. The Balaban J connectivity index is 1.61. The van der Waals surface area contributed by atoms with E-state index in [-0.39, 0.29) is 18.0 Å². The van der Waals surface area contributed by atoms with Crippen molar-refractivity contribution in [2.24, 2.45) is 0 Å². The number of aliphatic hydroxyl groups is 1. The molecule has 3 aromatic carbocycles. The van der Waals surface area contributed by atoms with E-state index in [1.165, 1.54) is 37.8 Å². The van der Waals surface area contributed by atoms with Gasteiger partial charge in [-0.3, -0.25) is 14.8 Å². The number of carbonyl (C=O) groups is 1. The van der Waals surface area contributed by atoms with Gasteiger partial charge in [-0.2, -0.15) is 0 Å². The number of anilines is 2. The van der Waals surface area contributed by atoms with E-state index in [0.717, 1.165) is 6.26 Å². The summed E-state index contributed by atoms with van der Waals surface area (Å²) < 4.78 is 36.1. The lowest BCUT2D eigenvalue weighted by Crippen LogP contribution is -2.50. The number of rotatable bonds is 11. The number of ether oxygens (including phenoxy) is 1. The molecule has 0 spiro atoms. The fraction of sp³-hybridized carbons (Fsp3) is 0.214. The normalized spacial score (nSPS) is 13.7. The lowest BCUT2D eigenvalue weighted by Gasteiger charge is -2.31. The molecule has 1 aromatic heterocycles. The molecular formula is C28H29ClN4O7S. The number of aromatic hydroxyl groups is 1. The topological polar surface area (TPSA) is 163 Å². The molecule has 5 N–H and O–H groups in total. The number of carbonyl (C=O) groups excluding carboxylic acids is 1. The number of phenols is 1. The van der Waals surface area contributed by atoms with Crippen molar-refractivity contribution in [3.8, 4) is 23.0 Å². The Morgan fingerprint density at radius 3 is 2.51 bits per heavy atom. The van der Waals surface area contributed by atoms with Crippen LogP contribution in [0.5, 0.6) is 11.5 Å². The molecule has 2 atom stereocenters. The summed E-state index contributed by atoms with van der Waals surface area (Å²) in [5, 5.41) is 27.4. The summed E-state index contributed by atoms with van der Waals surface area (Å²) in [5.74, 6) is 0.151. The number of benzene rings is 3. The second kappa shape index (κ2) is 12.2. The average Bonchev–Trinajstić information content (AvgIpc) is 3.48. The van der Waals surface area contributed by atoms with Gasteiger partial charge in [0.15, 0.2) is 0 Å². The van der Waals surface area contributed by atoms with Crippen LogP contribution in [-0.2, 0) is 20.4 Å². The maximum Gasteiger partial charge on any atom is 0.249 e. The van der Waals surface area contributed by atoms with Crippen molar-refractivity contribution in [3.05, 3.63) is 89.3 Å². The number of sulfonamides is 1. The van der Waals surface area contributed by atoms with E-state index in [1.54, 1.807) is 49.4 Å². The number of aliphatic hydroxyl groups excluding tert-OH is 1. The molecule has 1 unspecified atom stereocenters. The molecule has 4 rings (SSSR count). The minimum absolute atomic E-state index is 0.0794. The van der Waals surface area contributed by atoms with Crippen LogP contribution in [0.15, 0.2) is 77.5 Å². The molecule has 11 nitrogen and oxygen atoms in total. The Morgan fingerprint density at radius 1 is 1.15 bits per heavy atom. The van der Waals surface area contributed by atoms with Crippen molar-refractivity contribution in [1.82, 2.24) is 10.3 Å². The zero-order valence-corrected chi connectivity index (χ0v) is 24.0. The van der Waals surface area contributed by atoms with Crippen molar-refractivity contribution >= 4 is 38.9 Å². The molecular weight excluding hydrogens is 572 g/mol. The van der Waals surface area contributed by atoms with Gasteiger partial charge >= 0.3 is 0 Å². The van der Waals surface area contributed by atoms with Crippen molar-refractivity contribution < 1.29 is 32.6 Å². The van der Waals surface area contributed by atoms with E-state index < -0.39 is 27.6 Å². The fourth-order valence-corrected chi connectivity index (χ4v) is 4.84. The predicted molar refractivity (Wildman–Crippen MR) is 155 cm³/mol. The quantitative estimate of drug-likeness (QED) is 0.158. The van der Waals surface area contributed by atoms with Crippen LogP contribution in [-0.4, -0.2) is 49.4 Å². The first-order chi connectivity index (χ1) is 19.4. The highest BCUT2D eigenvalue weighted by Crippen LogP contribution is 2.32. The number of halogens is 1. The summed E-state index contributed by atoms with van der Waals surface area (Å²) in [6, 6.07) is 15.8. The fourth-order valence-electron chi connectivity index (χ4n) is 4.08.